The molecule has 3 aliphatic heterocycles. The molecule has 5 heterocycles. The van der Waals surface area contributed by atoms with Crippen LogP contribution in [-0.2, 0) is 22.3 Å². The third-order valence-corrected chi connectivity index (χ3v) is 9.82. The summed E-state index contributed by atoms with van der Waals surface area (Å²) in [6.07, 6.45) is -0.699. The number of fused-ring (bicyclic) bond motifs is 3. The van der Waals surface area contributed by atoms with Crippen molar-refractivity contribution >= 4 is 11.9 Å². The van der Waals surface area contributed by atoms with Gasteiger partial charge in [0.1, 0.15) is 28.5 Å². The molecule has 2 atom stereocenters. The lowest BCUT2D eigenvalue weighted by molar-refractivity contribution is -0.163. The summed E-state index contributed by atoms with van der Waals surface area (Å²) in [4.78, 5) is 18.8. The molecule has 7 rings (SSSR count). The quantitative estimate of drug-likeness (QED) is 0.353. The van der Waals surface area contributed by atoms with Crippen LogP contribution in [0.2, 0.25) is 0 Å². The fourth-order valence-electron chi connectivity index (χ4n) is 7.19. The highest BCUT2D eigenvalue weighted by Gasteiger charge is 2.67. The fourth-order valence-corrected chi connectivity index (χ4v) is 7.19. The number of nitrogens with one attached hydrogen (secondary N) is 1. The van der Waals surface area contributed by atoms with E-state index in [2.05, 4.69) is 25.4 Å². The maximum Gasteiger partial charge on any atom is 0.413 e. The first-order valence-electron chi connectivity index (χ1n) is 14.7. The monoisotopic (exact) mass is 602 g/mol. The van der Waals surface area contributed by atoms with Gasteiger partial charge in [-0.2, -0.15) is 13.2 Å². The molecule has 1 N–H and O–H groups in total. The standard InChI is InChI=1S/C30H31F5N6O2/c31-22-5-1-3-20(23(22)32)19-7-6-18(25-38-39-26(41(25)17-19)28(9-10-28)30(33,34)35)8-14-40-15-11-29(12-16-40)21-4-2-13-36-24(21)37-27(42)43-29/h1-5,13,18-19H,6-12,14-17H2,(H,36,37,42)/t18-,19+/m0/s1. The number of hydrogen-bond acceptors (Lipinski definition) is 6. The summed E-state index contributed by atoms with van der Waals surface area (Å²) >= 11 is 0. The summed E-state index contributed by atoms with van der Waals surface area (Å²) in [5, 5.41) is 11.1. The van der Waals surface area contributed by atoms with E-state index in [0.29, 0.717) is 63.4 Å². The number of carbonyl (C=O) groups excluding carboxylic acids is 1. The lowest BCUT2D eigenvalue weighted by Gasteiger charge is -2.44. The number of alkyl halides is 3. The average molecular weight is 603 g/mol. The molecule has 3 aromatic rings. The predicted molar refractivity (Wildman–Crippen MR) is 144 cm³/mol. The van der Waals surface area contributed by atoms with Gasteiger partial charge in [-0.15, -0.1) is 10.2 Å². The molecule has 4 aliphatic rings. The maximum absolute atomic E-state index is 14.9. The second kappa shape index (κ2) is 10.2. The highest BCUT2D eigenvalue weighted by atomic mass is 19.4. The topological polar surface area (TPSA) is 85.2 Å². The number of amides is 1. The molecule has 1 amide bonds. The third-order valence-electron chi connectivity index (χ3n) is 9.82. The zero-order chi connectivity index (χ0) is 30.0. The van der Waals surface area contributed by atoms with Crippen LogP contribution in [0.5, 0.6) is 0 Å². The Morgan fingerprint density at radius 3 is 2.56 bits per heavy atom. The molecule has 13 heteroatoms. The summed E-state index contributed by atoms with van der Waals surface area (Å²) < 4.78 is 78.9. The van der Waals surface area contributed by atoms with Crippen LogP contribution in [0, 0.1) is 11.6 Å². The lowest BCUT2D eigenvalue weighted by Crippen LogP contribution is -2.48. The van der Waals surface area contributed by atoms with Crippen LogP contribution in [0.3, 0.4) is 0 Å². The molecule has 2 aromatic heterocycles. The number of nitrogens with zero attached hydrogens (tertiary/aromatic N) is 5. The van der Waals surface area contributed by atoms with Crippen molar-refractivity contribution < 1.29 is 31.5 Å². The van der Waals surface area contributed by atoms with Crippen molar-refractivity contribution in [3.63, 3.8) is 0 Å². The van der Waals surface area contributed by atoms with Crippen molar-refractivity contribution in [1.82, 2.24) is 24.6 Å². The number of halogens is 5. The van der Waals surface area contributed by atoms with E-state index >= 15 is 0 Å². The molecular weight excluding hydrogens is 571 g/mol. The highest BCUT2D eigenvalue weighted by Crippen LogP contribution is 2.59. The Labute approximate surface area is 244 Å². The maximum atomic E-state index is 14.9. The van der Waals surface area contributed by atoms with Gasteiger partial charge in [0.25, 0.3) is 0 Å². The Morgan fingerprint density at radius 1 is 1.02 bits per heavy atom. The largest absolute Gasteiger partial charge is 0.438 e. The Bertz CT molecular complexity index is 1550. The first-order valence-corrected chi connectivity index (χ1v) is 14.7. The Kier molecular flexibility index (Phi) is 6.71. The summed E-state index contributed by atoms with van der Waals surface area (Å²) in [7, 11) is 0. The molecule has 2 fully saturated rings. The zero-order valence-corrected chi connectivity index (χ0v) is 23.3. The Hall–Kier alpha value is -3.61. The summed E-state index contributed by atoms with van der Waals surface area (Å²) in [6, 6.07) is 7.71. The predicted octanol–water partition coefficient (Wildman–Crippen LogP) is 6.15. The van der Waals surface area contributed by atoms with Gasteiger partial charge in [-0.3, -0.25) is 5.32 Å². The first-order chi connectivity index (χ1) is 20.6. The van der Waals surface area contributed by atoms with Crippen LogP contribution in [0.1, 0.15) is 79.6 Å². The molecule has 0 bridgehead atoms. The number of rotatable bonds is 5. The number of benzene rings is 1. The minimum Gasteiger partial charge on any atom is -0.438 e. The number of piperidine rings is 1. The van der Waals surface area contributed by atoms with Crippen LogP contribution in [-0.4, -0.2) is 56.6 Å². The van der Waals surface area contributed by atoms with E-state index in [1.807, 2.05) is 12.1 Å². The van der Waals surface area contributed by atoms with Crippen LogP contribution in [0.15, 0.2) is 36.5 Å². The molecule has 8 nitrogen and oxygen atoms in total. The third kappa shape index (κ3) is 4.76. The molecule has 0 unspecified atom stereocenters. The zero-order valence-electron chi connectivity index (χ0n) is 23.3. The van der Waals surface area contributed by atoms with Gasteiger partial charge in [-0.25, -0.2) is 18.6 Å². The van der Waals surface area contributed by atoms with Crippen LogP contribution >= 0.6 is 0 Å². The van der Waals surface area contributed by atoms with Gasteiger partial charge in [0, 0.05) is 56.1 Å². The number of anilines is 1. The van der Waals surface area contributed by atoms with Gasteiger partial charge in [0.2, 0.25) is 0 Å². The minimum atomic E-state index is -4.48. The molecule has 228 valence electrons. The van der Waals surface area contributed by atoms with Crippen LogP contribution in [0.4, 0.5) is 32.6 Å². The van der Waals surface area contributed by atoms with E-state index in [9.17, 15) is 26.7 Å². The number of likely N-dealkylation sites (tertiary alicyclic amines) is 1. The second-order valence-electron chi connectivity index (χ2n) is 12.2. The van der Waals surface area contributed by atoms with Crippen molar-refractivity contribution in [2.75, 3.05) is 25.0 Å². The summed E-state index contributed by atoms with van der Waals surface area (Å²) in [6.45, 7) is 2.02. The molecule has 0 radical (unpaired) electrons. The molecular formula is C30H31F5N6O2. The van der Waals surface area contributed by atoms with Gasteiger partial charge >= 0.3 is 12.3 Å². The summed E-state index contributed by atoms with van der Waals surface area (Å²) in [5.41, 5.74) is -1.78. The summed E-state index contributed by atoms with van der Waals surface area (Å²) in [5.74, 6) is -1.79. The van der Waals surface area contributed by atoms with E-state index in [-0.39, 0.29) is 36.7 Å². The van der Waals surface area contributed by atoms with Crippen molar-refractivity contribution in [3.8, 4) is 0 Å². The van der Waals surface area contributed by atoms with Gasteiger partial charge in [-0.05, 0) is 62.4 Å². The van der Waals surface area contributed by atoms with E-state index in [0.717, 1.165) is 11.6 Å². The molecule has 43 heavy (non-hydrogen) atoms. The SMILES string of the molecule is O=C1Nc2ncccc2C2(CCN(CC[C@@H]3CC[C@@H](c4cccc(F)c4F)Cn4c3nnc4C3(C(F)(F)F)CC3)CC2)O1. The Balaban J connectivity index is 1.11. The van der Waals surface area contributed by atoms with E-state index in [1.54, 1.807) is 10.8 Å². The van der Waals surface area contributed by atoms with Gasteiger partial charge in [-0.1, -0.05) is 12.1 Å². The molecule has 1 spiro atoms. The van der Waals surface area contributed by atoms with Crippen molar-refractivity contribution in [2.24, 2.45) is 0 Å². The average Bonchev–Trinajstić information content (AvgIpc) is 3.73. The van der Waals surface area contributed by atoms with Gasteiger partial charge < -0.3 is 14.2 Å². The van der Waals surface area contributed by atoms with E-state index in [4.69, 9.17) is 4.74 Å². The van der Waals surface area contributed by atoms with Crippen LogP contribution < -0.4 is 5.32 Å². The van der Waals surface area contributed by atoms with E-state index < -0.39 is 40.8 Å². The normalized spacial score (nSPS) is 24.4. The lowest BCUT2D eigenvalue weighted by atomic mass is 9.83. The molecule has 1 saturated carbocycles. The van der Waals surface area contributed by atoms with Crippen molar-refractivity contribution in [2.45, 2.75) is 80.5 Å². The second-order valence-corrected chi connectivity index (χ2v) is 12.2. The van der Waals surface area contributed by atoms with Crippen LogP contribution in [0.25, 0.3) is 0 Å². The number of carbonyl (C=O) groups is 1. The number of aromatic nitrogens is 4. The number of ether oxygens (including phenoxy) is 1. The molecule has 1 aromatic carbocycles. The Morgan fingerprint density at radius 2 is 1.81 bits per heavy atom. The van der Waals surface area contributed by atoms with Crippen molar-refractivity contribution in [1.29, 1.82) is 0 Å². The van der Waals surface area contributed by atoms with Gasteiger partial charge in [0.05, 0.1) is 0 Å². The van der Waals surface area contributed by atoms with E-state index in [1.165, 1.54) is 12.1 Å². The highest BCUT2D eigenvalue weighted by molar-refractivity contribution is 5.87. The van der Waals surface area contributed by atoms with Gasteiger partial charge in [0.15, 0.2) is 11.6 Å². The number of pyridine rings is 1. The fraction of sp³-hybridized carbons (Fsp3) is 0.533. The molecule has 1 saturated heterocycles. The first kappa shape index (κ1) is 28.2. The minimum absolute atomic E-state index is 0.0610. The van der Waals surface area contributed by atoms with Crippen molar-refractivity contribution in [3.05, 3.63) is 70.9 Å². The smallest absolute Gasteiger partial charge is 0.413 e. The molecule has 1 aliphatic carbocycles. The number of hydrogen-bond donors (Lipinski definition) is 1.